The Bertz CT molecular complexity index is 535. The number of hydrogen-bond donors (Lipinski definition) is 1. The van der Waals surface area contributed by atoms with Crippen LogP contribution in [-0.2, 0) is 11.3 Å². The molecule has 0 atom stereocenters. The molecular weight excluding hydrogens is 230 g/mol. The lowest BCUT2D eigenvalue weighted by atomic mass is 10.1. The monoisotopic (exact) mass is 247 g/mol. The molecule has 2 aromatic rings. The molecule has 1 aromatic carbocycles. The van der Waals surface area contributed by atoms with Crippen LogP contribution in [0.2, 0.25) is 0 Å². The molecule has 2 N–H and O–H groups in total. The number of rotatable bonds is 4. The summed E-state index contributed by atoms with van der Waals surface area (Å²) in [6.45, 7) is 4.54. The van der Waals surface area contributed by atoms with E-state index in [0.29, 0.717) is 18.1 Å². The lowest BCUT2D eigenvalue weighted by Crippen LogP contribution is -2.30. The average Bonchev–Trinajstić information content (AvgIpc) is 2.76. The first-order chi connectivity index (χ1) is 8.52. The van der Waals surface area contributed by atoms with Crippen LogP contribution in [-0.4, -0.2) is 32.9 Å². The fourth-order valence-electron chi connectivity index (χ4n) is 1.62. The quantitative estimate of drug-likeness (QED) is 0.825. The molecule has 0 bridgehead atoms. The largest absolute Gasteiger partial charge is 0.399 e. The molecule has 1 aromatic heterocycles. The molecule has 0 unspecified atom stereocenters. The highest BCUT2D eigenvalue weighted by atomic mass is 16.5. The first-order valence-electron chi connectivity index (χ1n) is 5.69. The highest BCUT2D eigenvalue weighted by molar-refractivity contribution is 5.60. The van der Waals surface area contributed by atoms with E-state index >= 15 is 0 Å². The van der Waals surface area contributed by atoms with Crippen molar-refractivity contribution in [1.82, 2.24) is 20.2 Å². The summed E-state index contributed by atoms with van der Waals surface area (Å²) in [7, 11) is 1.67. The van der Waals surface area contributed by atoms with Crippen molar-refractivity contribution in [1.29, 1.82) is 0 Å². The second kappa shape index (κ2) is 4.73. The van der Waals surface area contributed by atoms with Crippen LogP contribution >= 0.6 is 0 Å². The Kier molecular flexibility index (Phi) is 3.29. The third kappa shape index (κ3) is 2.65. The van der Waals surface area contributed by atoms with E-state index in [1.807, 2.05) is 38.1 Å². The van der Waals surface area contributed by atoms with Gasteiger partial charge in [0.15, 0.2) is 5.82 Å². The molecule has 18 heavy (non-hydrogen) atoms. The van der Waals surface area contributed by atoms with E-state index in [1.54, 1.807) is 11.8 Å². The van der Waals surface area contributed by atoms with Crippen LogP contribution in [0, 0.1) is 0 Å². The molecule has 0 radical (unpaired) electrons. The van der Waals surface area contributed by atoms with Crippen molar-refractivity contribution < 1.29 is 4.74 Å². The van der Waals surface area contributed by atoms with Gasteiger partial charge in [-0.3, -0.25) is 0 Å². The molecule has 0 amide bonds. The second-order valence-corrected chi connectivity index (χ2v) is 4.75. The second-order valence-electron chi connectivity index (χ2n) is 4.75. The predicted molar refractivity (Wildman–Crippen MR) is 68.8 cm³/mol. The molecule has 0 saturated carbocycles. The highest BCUT2D eigenvalue weighted by Gasteiger charge is 2.20. The number of aromatic nitrogens is 4. The number of ether oxygens (including phenoxy) is 1. The molecule has 0 saturated heterocycles. The minimum absolute atomic E-state index is 0.329. The smallest absolute Gasteiger partial charge is 0.182 e. The zero-order valence-corrected chi connectivity index (χ0v) is 10.8. The van der Waals surface area contributed by atoms with Gasteiger partial charge < -0.3 is 10.5 Å². The summed E-state index contributed by atoms with van der Waals surface area (Å²) in [4.78, 5) is 0. The van der Waals surface area contributed by atoms with Gasteiger partial charge in [0.05, 0.1) is 12.1 Å². The zero-order valence-electron chi connectivity index (χ0n) is 10.8. The number of tetrazole rings is 1. The zero-order chi connectivity index (χ0) is 13.2. The van der Waals surface area contributed by atoms with Crippen LogP contribution in [0.1, 0.15) is 13.8 Å². The standard InChI is InChI=1S/C12H17N5O/c1-12(2,18-3)8-17-11(14-15-16-17)9-5-4-6-10(13)7-9/h4-7H,8,13H2,1-3H3. The molecule has 96 valence electrons. The lowest BCUT2D eigenvalue weighted by Gasteiger charge is -2.22. The Balaban J connectivity index is 2.33. The molecule has 0 spiro atoms. The van der Waals surface area contributed by atoms with Crippen LogP contribution in [0.25, 0.3) is 11.4 Å². The van der Waals surface area contributed by atoms with Crippen LogP contribution in [0.5, 0.6) is 0 Å². The van der Waals surface area contributed by atoms with Crippen molar-refractivity contribution >= 4 is 5.69 Å². The van der Waals surface area contributed by atoms with Gasteiger partial charge in [0.2, 0.25) is 0 Å². The Morgan fingerprint density at radius 1 is 1.39 bits per heavy atom. The van der Waals surface area contributed by atoms with Gasteiger partial charge in [-0.15, -0.1) is 5.10 Å². The fraction of sp³-hybridized carbons (Fsp3) is 0.417. The Morgan fingerprint density at radius 2 is 2.17 bits per heavy atom. The van der Waals surface area contributed by atoms with E-state index in [-0.39, 0.29) is 5.60 Å². The van der Waals surface area contributed by atoms with E-state index in [4.69, 9.17) is 10.5 Å². The minimum atomic E-state index is -0.329. The molecule has 6 heteroatoms. The van der Waals surface area contributed by atoms with E-state index in [2.05, 4.69) is 15.5 Å². The summed E-state index contributed by atoms with van der Waals surface area (Å²) in [6.07, 6.45) is 0. The number of methoxy groups -OCH3 is 1. The van der Waals surface area contributed by atoms with Crippen molar-refractivity contribution in [2.45, 2.75) is 26.0 Å². The Labute approximate surface area is 106 Å². The highest BCUT2D eigenvalue weighted by Crippen LogP contribution is 2.20. The summed E-state index contributed by atoms with van der Waals surface area (Å²) in [5.41, 5.74) is 7.02. The van der Waals surface area contributed by atoms with Gasteiger partial charge in [0.25, 0.3) is 0 Å². The minimum Gasteiger partial charge on any atom is -0.399 e. The molecule has 1 heterocycles. The number of nitrogen functional groups attached to an aromatic ring is 1. The summed E-state index contributed by atoms with van der Waals surface area (Å²) in [5.74, 6) is 0.687. The normalized spacial score (nSPS) is 11.7. The Morgan fingerprint density at radius 3 is 2.83 bits per heavy atom. The van der Waals surface area contributed by atoms with E-state index in [0.717, 1.165) is 5.56 Å². The number of nitrogens with two attached hydrogens (primary N) is 1. The van der Waals surface area contributed by atoms with Crippen molar-refractivity contribution in [3.63, 3.8) is 0 Å². The fourth-order valence-corrected chi connectivity index (χ4v) is 1.62. The third-order valence-corrected chi connectivity index (χ3v) is 2.76. The lowest BCUT2D eigenvalue weighted by molar-refractivity contribution is 0.00539. The Hall–Kier alpha value is -1.95. The van der Waals surface area contributed by atoms with Gasteiger partial charge in [0, 0.05) is 18.4 Å². The van der Waals surface area contributed by atoms with Gasteiger partial charge in [-0.05, 0) is 36.4 Å². The van der Waals surface area contributed by atoms with Crippen molar-refractivity contribution in [3.8, 4) is 11.4 Å². The van der Waals surface area contributed by atoms with Crippen molar-refractivity contribution in [3.05, 3.63) is 24.3 Å². The number of nitrogens with zero attached hydrogens (tertiary/aromatic N) is 4. The predicted octanol–water partition coefficient (Wildman–Crippen LogP) is 1.35. The van der Waals surface area contributed by atoms with E-state index in [1.165, 1.54) is 0 Å². The first kappa shape index (κ1) is 12.5. The van der Waals surface area contributed by atoms with E-state index < -0.39 is 0 Å². The summed E-state index contributed by atoms with van der Waals surface area (Å²) in [6, 6.07) is 7.49. The molecule has 0 aliphatic carbocycles. The topological polar surface area (TPSA) is 78.8 Å². The maximum Gasteiger partial charge on any atom is 0.182 e. The third-order valence-electron chi connectivity index (χ3n) is 2.76. The summed E-state index contributed by atoms with van der Waals surface area (Å²) in [5, 5.41) is 11.7. The van der Waals surface area contributed by atoms with Crippen molar-refractivity contribution in [2.24, 2.45) is 0 Å². The summed E-state index contributed by atoms with van der Waals surface area (Å²) < 4.78 is 7.11. The SMILES string of the molecule is COC(C)(C)Cn1nnnc1-c1cccc(N)c1. The first-order valence-corrected chi connectivity index (χ1v) is 5.69. The molecule has 0 aliphatic rings. The number of anilines is 1. The van der Waals surface area contributed by atoms with Crippen LogP contribution in [0.4, 0.5) is 5.69 Å². The molecule has 0 fully saturated rings. The molecule has 6 nitrogen and oxygen atoms in total. The molecule has 2 rings (SSSR count). The van der Waals surface area contributed by atoms with Gasteiger partial charge >= 0.3 is 0 Å². The van der Waals surface area contributed by atoms with Gasteiger partial charge in [-0.25, -0.2) is 4.68 Å². The van der Waals surface area contributed by atoms with Gasteiger partial charge in [-0.1, -0.05) is 12.1 Å². The maximum absolute atomic E-state index is 5.77. The average molecular weight is 247 g/mol. The number of hydrogen-bond acceptors (Lipinski definition) is 5. The van der Waals surface area contributed by atoms with Crippen LogP contribution in [0.3, 0.4) is 0 Å². The molecule has 0 aliphatic heterocycles. The molecular formula is C12H17N5O. The number of benzene rings is 1. The van der Waals surface area contributed by atoms with Crippen molar-refractivity contribution in [2.75, 3.05) is 12.8 Å². The van der Waals surface area contributed by atoms with Crippen LogP contribution < -0.4 is 5.73 Å². The summed E-state index contributed by atoms with van der Waals surface area (Å²) >= 11 is 0. The van der Waals surface area contributed by atoms with Gasteiger partial charge in [0.1, 0.15) is 0 Å². The maximum atomic E-state index is 5.77. The van der Waals surface area contributed by atoms with Gasteiger partial charge in [-0.2, -0.15) is 0 Å². The van der Waals surface area contributed by atoms with E-state index in [9.17, 15) is 0 Å². The van der Waals surface area contributed by atoms with Crippen LogP contribution in [0.15, 0.2) is 24.3 Å².